The summed E-state index contributed by atoms with van der Waals surface area (Å²) in [5, 5.41) is 12.4. The number of hydrogen-bond donors (Lipinski definition) is 2. The van der Waals surface area contributed by atoms with Crippen molar-refractivity contribution in [2.24, 2.45) is 5.92 Å². The number of aromatic nitrogens is 1. The predicted octanol–water partition coefficient (Wildman–Crippen LogP) is 2.62. The van der Waals surface area contributed by atoms with Crippen molar-refractivity contribution in [3.8, 4) is 5.75 Å². The van der Waals surface area contributed by atoms with Gasteiger partial charge in [-0.25, -0.2) is 0 Å². The summed E-state index contributed by atoms with van der Waals surface area (Å²) in [6, 6.07) is 10.9. The molecule has 1 aromatic carbocycles. The number of aliphatic hydroxyl groups excluding tert-OH is 1. The number of carbonyl (C=O) groups excluding carboxylic acids is 1. The van der Waals surface area contributed by atoms with Crippen molar-refractivity contribution < 1.29 is 14.6 Å². The molecule has 5 heteroatoms. The fraction of sp³-hybridized carbons (Fsp3) is 0.294. The van der Waals surface area contributed by atoms with E-state index in [1.807, 2.05) is 18.2 Å². The molecule has 0 fully saturated rings. The van der Waals surface area contributed by atoms with Crippen LogP contribution < -0.4 is 10.1 Å². The monoisotopic (exact) mass is 300 g/mol. The first-order valence-corrected chi connectivity index (χ1v) is 7.17. The van der Waals surface area contributed by atoms with Gasteiger partial charge in [0.2, 0.25) is 0 Å². The zero-order valence-corrected chi connectivity index (χ0v) is 12.7. The zero-order valence-electron chi connectivity index (χ0n) is 12.7. The van der Waals surface area contributed by atoms with Crippen LogP contribution in [0.1, 0.15) is 19.4 Å². The van der Waals surface area contributed by atoms with Crippen LogP contribution in [0.2, 0.25) is 0 Å². The summed E-state index contributed by atoms with van der Waals surface area (Å²) in [4.78, 5) is 15.9. The number of anilines is 1. The van der Waals surface area contributed by atoms with Gasteiger partial charge in [-0.15, -0.1) is 0 Å². The fourth-order valence-corrected chi connectivity index (χ4v) is 1.83. The molecule has 0 aliphatic carbocycles. The number of benzene rings is 1. The average Bonchev–Trinajstić information content (AvgIpc) is 2.53. The van der Waals surface area contributed by atoms with Gasteiger partial charge in [0, 0.05) is 29.7 Å². The Bertz CT molecular complexity index is 614. The van der Waals surface area contributed by atoms with Gasteiger partial charge in [-0.3, -0.25) is 9.78 Å². The Balaban J connectivity index is 1.96. The number of nitrogens with zero attached hydrogens (tertiary/aromatic N) is 1. The summed E-state index contributed by atoms with van der Waals surface area (Å²) in [7, 11) is 0. The Kier molecular flexibility index (Phi) is 5.49. The Hall–Kier alpha value is -2.40. The number of nitrogens with one attached hydrogen (secondary N) is 1. The minimum absolute atomic E-state index is 0.134. The highest BCUT2D eigenvalue weighted by Gasteiger charge is 2.18. The summed E-state index contributed by atoms with van der Waals surface area (Å²) in [6.07, 6.45) is 2.42. The molecule has 0 spiro atoms. The van der Waals surface area contributed by atoms with E-state index in [0.29, 0.717) is 18.0 Å². The lowest BCUT2D eigenvalue weighted by atomic mass is 10.1. The van der Waals surface area contributed by atoms with Crippen LogP contribution in [-0.4, -0.2) is 22.1 Å². The zero-order chi connectivity index (χ0) is 15.9. The first-order chi connectivity index (χ1) is 10.6. The van der Waals surface area contributed by atoms with Crippen LogP contribution in [0.3, 0.4) is 0 Å². The van der Waals surface area contributed by atoms with Gasteiger partial charge in [0.25, 0.3) is 5.91 Å². The molecule has 5 nitrogen and oxygen atoms in total. The van der Waals surface area contributed by atoms with Gasteiger partial charge in [0.15, 0.2) is 0 Å². The van der Waals surface area contributed by atoms with Gasteiger partial charge in [-0.1, -0.05) is 26.0 Å². The predicted molar refractivity (Wildman–Crippen MR) is 84.5 cm³/mol. The minimum atomic E-state index is -1.03. The van der Waals surface area contributed by atoms with Gasteiger partial charge in [-0.2, -0.15) is 0 Å². The van der Waals surface area contributed by atoms with Crippen molar-refractivity contribution in [3.05, 3.63) is 54.4 Å². The van der Waals surface area contributed by atoms with Crippen LogP contribution in [0, 0.1) is 5.92 Å². The van der Waals surface area contributed by atoms with E-state index >= 15 is 0 Å². The van der Waals surface area contributed by atoms with Gasteiger partial charge >= 0.3 is 0 Å². The van der Waals surface area contributed by atoms with Gasteiger partial charge in [-0.05, 0) is 24.1 Å². The van der Waals surface area contributed by atoms with Crippen LogP contribution >= 0.6 is 0 Å². The SMILES string of the molecule is CC(C)C(O)C(=O)Nc1cccc(OCc2cccnc2)c1. The van der Waals surface area contributed by atoms with Crippen LogP contribution in [0.15, 0.2) is 48.8 Å². The Morgan fingerprint density at radius 2 is 2.14 bits per heavy atom. The molecule has 1 aromatic heterocycles. The molecule has 1 heterocycles. The van der Waals surface area contributed by atoms with Gasteiger partial charge in [0.1, 0.15) is 18.5 Å². The Morgan fingerprint density at radius 1 is 1.32 bits per heavy atom. The molecule has 2 rings (SSSR count). The summed E-state index contributed by atoms with van der Waals surface area (Å²) < 4.78 is 5.67. The maximum Gasteiger partial charge on any atom is 0.253 e. The number of rotatable bonds is 6. The highest BCUT2D eigenvalue weighted by molar-refractivity contribution is 5.94. The summed E-state index contributed by atoms with van der Waals surface area (Å²) >= 11 is 0. The second-order valence-corrected chi connectivity index (χ2v) is 5.36. The molecule has 0 saturated carbocycles. The third-order valence-corrected chi connectivity index (χ3v) is 3.13. The number of amides is 1. The third kappa shape index (κ3) is 4.56. The van der Waals surface area contributed by atoms with Crippen molar-refractivity contribution in [1.82, 2.24) is 4.98 Å². The van der Waals surface area contributed by atoms with E-state index in [1.165, 1.54) is 0 Å². The Labute approximate surface area is 130 Å². The second-order valence-electron chi connectivity index (χ2n) is 5.36. The van der Waals surface area contributed by atoms with E-state index in [-0.39, 0.29) is 5.92 Å². The summed E-state index contributed by atoms with van der Waals surface area (Å²) in [6.45, 7) is 3.98. The molecule has 2 aromatic rings. The van der Waals surface area contributed by atoms with Gasteiger partial charge in [0.05, 0.1) is 0 Å². The molecule has 1 atom stereocenters. The fourth-order valence-electron chi connectivity index (χ4n) is 1.83. The lowest BCUT2D eigenvalue weighted by Gasteiger charge is -2.15. The molecule has 2 N–H and O–H groups in total. The van der Waals surface area contributed by atoms with Crippen molar-refractivity contribution in [2.45, 2.75) is 26.6 Å². The number of ether oxygens (including phenoxy) is 1. The first kappa shape index (κ1) is 16.0. The Morgan fingerprint density at radius 3 is 2.82 bits per heavy atom. The van der Waals surface area contributed by atoms with Crippen molar-refractivity contribution in [3.63, 3.8) is 0 Å². The smallest absolute Gasteiger partial charge is 0.253 e. The number of aliphatic hydroxyl groups is 1. The molecular weight excluding hydrogens is 280 g/mol. The van der Waals surface area contributed by atoms with Crippen LogP contribution in [0.4, 0.5) is 5.69 Å². The van der Waals surface area contributed by atoms with E-state index in [0.717, 1.165) is 5.56 Å². The minimum Gasteiger partial charge on any atom is -0.489 e. The number of carbonyl (C=O) groups is 1. The molecule has 1 unspecified atom stereocenters. The molecule has 1 amide bonds. The molecule has 116 valence electrons. The van der Waals surface area contributed by atoms with Crippen LogP contribution in [0.25, 0.3) is 0 Å². The van der Waals surface area contributed by atoms with Gasteiger partial charge < -0.3 is 15.2 Å². The normalized spacial score (nSPS) is 12.0. The van der Waals surface area contributed by atoms with E-state index in [2.05, 4.69) is 10.3 Å². The highest BCUT2D eigenvalue weighted by Crippen LogP contribution is 2.19. The summed E-state index contributed by atoms with van der Waals surface area (Å²) in [5.74, 6) is 0.0881. The van der Waals surface area contributed by atoms with Crippen molar-refractivity contribution in [2.75, 3.05) is 5.32 Å². The molecule has 0 saturated heterocycles. The molecule has 0 bridgehead atoms. The van der Waals surface area contributed by atoms with E-state index in [1.54, 1.807) is 44.4 Å². The largest absolute Gasteiger partial charge is 0.489 e. The second kappa shape index (κ2) is 7.56. The first-order valence-electron chi connectivity index (χ1n) is 7.17. The number of pyridine rings is 1. The summed E-state index contributed by atoms with van der Waals surface area (Å²) in [5.41, 5.74) is 1.56. The number of hydrogen-bond acceptors (Lipinski definition) is 4. The lowest BCUT2D eigenvalue weighted by Crippen LogP contribution is -2.31. The van der Waals surface area contributed by atoms with Crippen LogP contribution in [-0.2, 0) is 11.4 Å². The quantitative estimate of drug-likeness (QED) is 0.860. The molecule has 0 radical (unpaired) electrons. The molecule has 0 aliphatic rings. The van der Waals surface area contributed by atoms with E-state index in [9.17, 15) is 9.90 Å². The molecule has 0 aliphatic heterocycles. The lowest BCUT2D eigenvalue weighted by molar-refractivity contribution is -0.125. The average molecular weight is 300 g/mol. The van der Waals surface area contributed by atoms with E-state index in [4.69, 9.17) is 4.74 Å². The van der Waals surface area contributed by atoms with Crippen molar-refractivity contribution in [1.29, 1.82) is 0 Å². The molecular formula is C17H20N2O3. The maximum absolute atomic E-state index is 11.8. The molecule has 22 heavy (non-hydrogen) atoms. The topological polar surface area (TPSA) is 71.5 Å². The van der Waals surface area contributed by atoms with E-state index < -0.39 is 12.0 Å². The standard InChI is InChI=1S/C17H20N2O3/c1-12(2)16(20)17(21)19-14-6-3-7-15(9-14)22-11-13-5-4-8-18-10-13/h3-10,12,16,20H,11H2,1-2H3,(H,19,21). The van der Waals surface area contributed by atoms with Crippen LogP contribution in [0.5, 0.6) is 5.75 Å². The maximum atomic E-state index is 11.8. The third-order valence-electron chi connectivity index (χ3n) is 3.13. The van der Waals surface area contributed by atoms with Crippen molar-refractivity contribution >= 4 is 11.6 Å². The highest BCUT2D eigenvalue weighted by atomic mass is 16.5.